The van der Waals surface area contributed by atoms with Crippen LogP contribution in [-0.4, -0.2) is 17.8 Å². The molecule has 124 valence electrons. The Balaban J connectivity index is 2.05. The van der Waals surface area contributed by atoms with E-state index in [-0.39, 0.29) is 9.92 Å². The van der Waals surface area contributed by atoms with E-state index in [1.54, 1.807) is 47.0 Å². The van der Waals surface area contributed by atoms with Crippen LogP contribution in [0.15, 0.2) is 93.4 Å². The highest BCUT2D eigenvalue weighted by atomic mass is 79.9. The predicted octanol–water partition coefficient (Wildman–Crippen LogP) is 4.60. The van der Waals surface area contributed by atoms with Crippen molar-refractivity contribution in [2.75, 3.05) is 0 Å². The standard InChI is InChI=1S/C19H13BrN2O2S/c20-15-9-11-16(12-10-15)25(23,24)19-18(14-6-2-1-3-7-14)21-17-8-4-5-13-22(17)19/h1-13H. The fourth-order valence-corrected chi connectivity index (χ4v) is 4.55. The number of hydrogen-bond acceptors (Lipinski definition) is 3. The first kappa shape index (κ1) is 16.1. The summed E-state index contributed by atoms with van der Waals surface area (Å²) in [6.45, 7) is 0. The minimum Gasteiger partial charge on any atom is -0.290 e. The number of imidazole rings is 1. The number of hydrogen-bond donors (Lipinski definition) is 0. The molecule has 0 amide bonds. The summed E-state index contributed by atoms with van der Waals surface area (Å²) in [4.78, 5) is 4.80. The number of nitrogens with zero attached hydrogens (tertiary/aromatic N) is 2. The number of pyridine rings is 1. The molecule has 0 bridgehead atoms. The molecule has 4 rings (SSSR count). The predicted molar refractivity (Wildman–Crippen MR) is 100 cm³/mol. The molecule has 0 atom stereocenters. The highest BCUT2D eigenvalue weighted by molar-refractivity contribution is 9.10. The molecule has 0 aliphatic rings. The average Bonchev–Trinajstić information content (AvgIpc) is 3.03. The average molecular weight is 413 g/mol. The van der Waals surface area contributed by atoms with Crippen molar-refractivity contribution in [2.45, 2.75) is 9.92 Å². The Bertz CT molecular complexity index is 1150. The molecule has 0 radical (unpaired) electrons. The first-order chi connectivity index (χ1) is 12.1. The second kappa shape index (κ2) is 6.13. The zero-order valence-corrected chi connectivity index (χ0v) is 15.4. The number of rotatable bonds is 3. The zero-order chi connectivity index (χ0) is 17.4. The van der Waals surface area contributed by atoms with Gasteiger partial charge in [-0.2, -0.15) is 0 Å². The normalized spacial score (nSPS) is 11.7. The third kappa shape index (κ3) is 2.77. The monoisotopic (exact) mass is 412 g/mol. The minimum absolute atomic E-state index is 0.177. The zero-order valence-electron chi connectivity index (χ0n) is 13.0. The Morgan fingerprint density at radius 1 is 0.840 bits per heavy atom. The number of benzene rings is 2. The molecular formula is C19H13BrN2O2S. The quantitative estimate of drug-likeness (QED) is 0.494. The number of sulfone groups is 1. The van der Waals surface area contributed by atoms with Crippen LogP contribution in [-0.2, 0) is 9.84 Å². The lowest BCUT2D eigenvalue weighted by Gasteiger charge is -2.07. The molecule has 2 aromatic carbocycles. The van der Waals surface area contributed by atoms with Crippen LogP contribution in [0.4, 0.5) is 0 Å². The van der Waals surface area contributed by atoms with E-state index in [0.717, 1.165) is 10.0 Å². The largest absolute Gasteiger partial charge is 0.290 e. The molecule has 4 nitrogen and oxygen atoms in total. The topological polar surface area (TPSA) is 51.4 Å². The second-order valence-electron chi connectivity index (χ2n) is 5.52. The maximum Gasteiger partial charge on any atom is 0.224 e. The van der Waals surface area contributed by atoms with Crippen LogP contribution in [0.3, 0.4) is 0 Å². The van der Waals surface area contributed by atoms with Crippen LogP contribution in [0.2, 0.25) is 0 Å². The van der Waals surface area contributed by atoms with Crippen molar-refractivity contribution in [3.05, 3.63) is 83.5 Å². The lowest BCUT2D eigenvalue weighted by atomic mass is 10.2. The van der Waals surface area contributed by atoms with Crippen molar-refractivity contribution in [3.63, 3.8) is 0 Å². The van der Waals surface area contributed by atoms with Crippen molar-refractivity contribution < 1.29 is 8.42 Å². The summed E-state index contributed by atoms with van der Waals surface area (Å²) in [5.74, 6) is 0. The van der Waals surface area contributed by atoms with Gasteiger partial charge < -0.3 is 0 Å². The fourth-order valence-electron chi connectivity index (χ4n) is 2.74. The summed E-state index contributed by atoms with van der Waals surface area (Å²) < 4.78 is 29.1. The van der Waals surface area contributed by atoms with Crippen molar-refractivity contribution in [2.24, 2.45) is 0 Å². The van der Waals surface area contributed by atoms with E-state index in [1.807, 2.05) is 36.4 Å². The van der Waals surface area contributed by atoms with Gasteiger partial charge in [-0.1, -0.05) is 52.3 Å². The van der Waals surface area contributed by atoms with Gasteiger partial charge in [-0.3, -0.25) is 4.40 Å². The van der Waals surface area contributed by atoms with Gasteiger partial charge in [0.05, 0.1) is 4.90 Å². The smallest absolute Gasteiger partial charge is 0.224 e. The molecule has 2 heterocycles. The molecule has 0 saturated heterocycles. The second-order valence-corrected chi connectivity index (χ2v) is 8.30. The summed E-state index contributed by atoms with van der Waals surface area (Å²) in [6.07, 6.45) is 1.72. The van der Waals surface area contributed by atoms with Gasteiger partial charge in [0, 0.05) is 16.2 Å². The van der Waals surface area contributed by atoms with Crippen LogP contribution in [0.1, 0.15) is 0 Å². The van der Waals surface area contributed by atoms with Crippen molar-refractivity contribution >= 4 is 31.4 Å². The molecule has 0 unspecified atom stereocenters. The van der Waals surface area contributed by atoms with Gasteiger partial charge in [0.15, 0.2) is 5.03 Å². The Morgan fingerprint density at radius 2 is 1.52 bits per heavy atom. The van der Waals surface area contributed by atoms with E-state index in [0.29, 0.717) is 11.3 Å². The van der Waals surface area contributed by atoms with Crippen molar-refractivity contribution in [1.82, 2.24) is 9.38 Å². The first-order valence-corrected chi connectivity index (χ1v) is 9.88. The Kier molecular flexibility index (Phi) is 3.94. The van der Waals surface area contributed by atoms with Gasteiger partial charge in [0.1, 0.15) is 11.3 Å². The van der Waals surface area contributed by atoms with Crippen LogP contribution in [0.25, 0.3) is 16.9 Å². The van der Waals surface area contributed by atoms with E-state index < -0.39 is 9.84 Å². The van der Waals surface area contributed by atoms with Gasteiger partial charge in [-0.25, -0.2) is 13.4 Å². The van der Waals surface area contributed by atoms with Crippen LogP contribution < -0.4 is 0 Å². The van der Waals surface area contributed by atoms with E-state index >= 15 is 0 Å². The van der Waals surface area contributed by atoms with E-state index in [2.05, 4.69) is 20.9 Å². The summed E-state index contributed by atoms with van der Waals surface area (Å²) >= 11 is 3.34. The molecule has 0 N–H and O–H groups in total. The minimum atomic E-state index is -3.74. The van der Waals surface area contributed by atoms with Gasteiger partial charge in [0.25, 0.3) is 0 Å². The molecule has 0 saturated carbocycles. The summed E-state index contributed by atoms with van der Waals surface area (Å²) in [5.41, 5.74) is 1.81. The Hall–Kier alpha value is -2.44. The highest BCUT2D eigenvalue weighted by Crippen LogP contribution is 2.32. The fraction of sp³-hybridized carbons (Fsp3) is 0. The van der Waals surface area contributed by atoms with E-state index in [4.69, 9.17) is 0 Å². The highest BCUT2D eigenvalue weighted by Gasteiger charge is 2.27. The van der Waals surface area contributed by atoms with Crippen LogP contribution in [0.5, 0.6) is 0 Å². The number of fused-ring (bicyclic) bond motifs is 1. The SMILES string of the molecule is O=S(=O)(c1ccc(Br)cc1)c1c(-c2ccccc2)nc2ccccn12. The van der Waals surface area contributed by atoms with Gasteiger partial charge in [-0.15, -0.1) is 0 Å². The number of aromatic nitrogens is 2. The maximum atomic E-state index is 13.3. The molecule has 6 heteroatoms. The molecule has 0 aliphatic carbocycles. The first-order valence-electron chi connectivity index (χ1n) is 7.60. The lowest BCUT2D eigenvalue weighted by molar-refractivity contribution is 0.591. The van der Waals surface area contributed by atoms with Crippen LogP contribution in [0, 0.1) is 0 Å². The van der Waals surface area contributed by atoms with Gasteiger partial charge >= 0.3 is 0 Å². The van der Waals surface area contributed by atoms with E-state index in [1.165, 1.54) is 0 Å². The molecule has 4 aromatic rings. The van der Waals surface area contributed by atoms with Crippen LogP contribution >= 0.6 is 15.9 Å². The third-order valence-corrected chi connectivity index (χ3v) is 6.23. The maximum absolute atomic E-state index is 13.3. The Labute approximate surface area is 153 Å². The van der Waals surface area contributed by atoms with Gasteiger partial charge in [-0.05, 0) is 36.4 Å². The van der Waals surface area contributed by atoms with Crippen molar-refractivity contribution in [3.8, 4) is 11.3 Å². The Morgan fingerprint density at radius 3 is 2.24 bits per heavy atom. The lowest BCUT2D eigenvalue weighted by Crippen LogP contribution is -2.07. The number of halogens is 1. The summed E-state index contributed by atoms with van der Waals surface area (Å²) in [6, 6.07) is 21.4. The molecular weight excluding hydrogens is 400 g/mol. The van der Waals surface area contributed by atoms with E-state index in [9.17, 15) is 8.42 Å². The van der Waals surface area contributed by atoms with Gasteiger partial charge in [0.2, 0.25) is 9.84 Å². The summed E-state index contributed by atoms with van der Waals surface area (Å²) in [5, 5.41) is 0.177. The molecule has 0 aliphatic heterocycles. The molecule has 0 spiro atoms. The molecule has 0 fully saturated rings. The van der Waals surface area contributed by atoms with Crippen molar-refractivity contribution in [1.29, 1.82) is 0 Å². The molecule has 25 heavy (non-hydrogen) atoms. The summed E-state index contributed by atoms with van der Waals surface area (Å²) in [7, 11) is -3.74. The molecule has 2 aromatic heterocycles. The third-order valence-electron chi connectivity index (χ3n) is 3.91.